The van der Waals surface area contributed by atoms with Gasteiger partial charge in [0.05, 0.1) is 12.2 Å². The molecule has 0 atom stereocenters. The van der Waals surface area contributed by atoms with E-state index in [0.29, 0.717) is 37.1 Å². The first-order valence-corrected chi connectivity index (χ1v) is 6.86. The van der Waals surface area contributed by atoms with Crippen LogP contribution in [0.4, 0.5) is 19.0 Å². The van der Waals surface area contributed by atoms with Gasteiger partial charge in [-0.3, -0.25) is 0 Å². The van der Waals surface area contributed by atoms with Crippen molar-refractivity contribution in [1.29, 1.82) is 0 Å². The predicted octanol–water partition coefficient (Wildman–Crippen LogP) is 2.66. The number of halogens is 4. The van der Waals surface area contributed by atoms with Gasteiger partial charge in [-0.15, -0.1) is 0 Å². The maximum atomic E-state index is 13.1. The van der Waals surface area contributed by atoms with Crippen molar-refractivity contribution >= 4 is 21.7 Å². The highest BCUT2D eigenvalue weighted by molar-refractivity contribution is 9.10. The first-order chi connectivity index (χ1) is 9.40. The van der Waals surface area contributed by atoms with E-state index >= 15 is 0 Å². The Morgan fingerprint density at radius 1 is 1.40 bits per heavy atom. The van der Waals surface area contributed by atoms with Gasteiger partial charge in [-0.25, -0.2) is 4.98 Å². The minimum Gasteiger partial charge on any atom is -0.383 e. The maximum Gasteiger partial charge on any atom is 0.419 e. The molecular formula is C12H17BrF3N3O. The second-order valence-electron chi connectivity index (χ2n) is 4.14. The van der Waals surface area contributed by atoms with E-state index in [1.54, 1.807) is 4.90 Å². The first kappa shape index (κ1) is 17.2. The van der Waals surface area contributed by atoms with Gasteiger partial charge in [-0.05, 0) is 35.0 Å². The summed E-state index contributed by atoms with van der Waals surface area (Å²) < 4.78 is 44.5. The van der Waals surface area contributed by atoms with Crippen LogP contribution >= 0.6 is 15.9 Å². The van der Waals surface area contributed by atoms with Crippen LogP contribution in [0, 0.1) is 0 Å². The Hall–Kier alpha value is -0.860. The average molecular weight is 356 g/mol. The van der Waals surface area contributed by atoms with Crippen molar-refractivity contribution in [3.63, 3.8) is 0 Å². The van der Waals surface area contributed by atoms with E-state index in [0.717, 1.165) is 6.07 Å². The maximum absolute atomic E-state index is 13.1. The average Bonchev–Trinajstić information content (AvgIpc) is 2.38. The molecule has 0 aliphatic carbocycles. The molecule has 0 amide bonds. The molecule has 2 N–H and O–H groups in total. The summed E-state index contributed by atoms with van der Waals surface area (Å²) in [5, 5.41) is 0. The van der Waals surface area contributed by atoms with Gasteiger partial charge >= 0.3 is 6.18 Å². The number of pyridine rings is 1. The Labute approximate surface area is 124 Å². The number of anilines is 1. The zero-order valence-electron chi connectivity index (χ0n) is 11.1. The number of nitrogens with zero attached hydrogens (tertiary/aromatic N) is 2. The van der Waals surface area contributed by atoms with Gasteiger partial charge in [0.2, 0.25) is 0 Å². The smallest absolute Gasteiger partial charge is 0.383 e. The van der Waals surface area contributed by atoms with Crippen molar-refractivity contribution < 1.29 is 17.9 Å². The molecule has 0 saturated heterocycles. The second-order valence-corrected chi connectivity index (χ2v) is 5.06. The van der Waals surface area contributed by atoms with Crippen LogP contribution in [0.15, 0.2) is 16.7 Å². The first-order valence-electron chi connectivity index (χ1n) is 6.06. The Morgan fingerprint density at radius 3 is 2.65 bits per heavy atom. The molecule has 20 heavy (non-hydrogen) atoms. The van der Waals surface area contributed by atoms with Crippen LogP contribution in [0.25, 0.3) is 0 Å². The van der Waals surface area contributed by atoms with E-state index in [4.69, 9.17) is 10.5 Å². The molecule has 0 aromatic carbocycles. The van der Waals surface area contributed by atoms with E-state index in [1.165, 1.54) is 13.3 Å². The third-order valence-corrected chi connectivity index (χ3v) is 3.07. The Morgan fingerprint density at radius 2 is 2.10 bits per heavy atom. The van der Waals surface area contributed by atoms with Crippen molar-refractivity contribution in [1.82, 2.24) is 4.98 Å². The monoisotopic (exact) mass is 355 g/mol. The number of nitrogens with two attached hydrogens (primary N) is 1. The Bertz CT molecular complexity index is 421. The highest BCUT2D eigenvalue weighted by atomic mass is 79.9. The fourth-order valence-electron chi connectivity index (χ4n) is 1.70. The van der Waals surface area contributed by atoms with Gasteiger partial charge in [-0.1, -0.05) is 0 Å². The molecule has 0 fully saturated rings. The van der Waals surface area contributed by atoms with Crippen LogP contribution in [0.1, 0.15) is 12.0 Å². The lowest BCUT2D eigenvalue weighted by Crippen LogP contribution is -2.32. The van der Waals surface area contributed by atoms with Crippen molar-refractivity contribution in [2.24, 2.45) is 5.73 Å². The van der Waals surface area contributed by atoms with Crippen molar-refractivity contribution in [3.8, 4) is 0 Å². The number of ether oxygens (including phenoxy) is 1. The van der Waals surface area contributed by atoms with Gasteiger partial charge in [-0.2, -0.15) is 13.2 Å². The highest BCUT2D eigenvalue weighted by Gasteiger charge is 2.36. The van der Waals surface area contributed by atoms with Crippen LogP contribution < -0.4 is 10.6 Å². The SMILES string of the molecule is COCCN(CCCN)c1ncc(Br)cc1C(F)(F)F. The molecule has 0 unspecified atom stereocenters. The van der Waals surface area contributed by atoms with Gasteiger partial charge in [0.25, 0.3) is 0 Å². The number of rotatable bonds is 7. The molecular weight excluding hydrogens is 339 g/mol. The fourth-order valence-corrected chi connectivity index (χ4v) is 2.03. The van der Waals surface area contributed by atoms with Crippen LogP contribution in [0.5, 0.6) is 0 Å². The predicted molar refractivity (Wildman–Crippen MR) is 74.7 cm³/mol. The second kappa shape index (κ2) is 7.80. The third-order valence-electron chi connectivity index (χ3n) is 2.64. The summed E-state index contributed by atoms with van der Waals surface area (Å²) in [7, 11) is 1.50. The number of alkyl halides is 3. The van der Waals surface area contributed by atoms with Crippen LogP contribution in [-0.2, 0) is 10.9 Å². The highest BCUT2D eigenvalue weighted by Crippen LogP contribution is 2.36. The summed E-state index contributed by atoms with van der Waals surface area (Å²) in [6, 6.07) is 1.03. The Balaban J connectivity index is 3.10. The minimum atomic E-state index is -4.46. The summed E-state index contributed by atoms with van der Waals surface area (Å²) in [5.41, 5.74) is 4.66. The largest absolute Gasteiger partial charge is 0.419 e. The van der Waals surface area contributed by atoms with Crippen LogP contribution in [0.3, 0.4) is 0 Å². The summed E-state index contributed by atoms with van der Waals surface area (Å²) in [6.45, 7) is 1.45. The standard InChI is InChI=1S/C12H17BrF3N3O/c1-20-6-5-19(4-2-3-17)11-10(12(14,15)16)7-9(13)8-18-11/h7-8H,2-6,17H2,1H3. The lowest BCUT2D eigenvalue weighted by molar-refractivity contribution is -0.137. The van der Waals surface area contributed by atoms with Crippen LogP contribution in [-0.4, -0.2) is 38.3 Å². The van der Waals surface area contributed by atoms with Crippen molar-refractivity contribution in [2.45, 2.75) is 12.6 Å². The van der Waals surface area contributed by atoms with E-state index in [-0.39, 0.29) is 5.82 Å². The van der Waals surface area contributed by atoms with Gasteiger partial charge in [0, 0.05) is 30.9 Å². The van der Waals surface area contributed by atoms with E-state index in [1.807, 2.05) is 0 Å². The third kappa shape index (κ3) is 4.92. The molecule has 4 nitrogen and oxygen atoms in total. The minimum absolute atomic E-state index is 0.0915. The van der Waals surface area contributed by atoms with Gasteiger partial charge in [0.15, 0.2) is 0 Å². The quantitative estimate of drug-likeness (QED) is 0.816. The van der Waals surface area contributed by atoms with Crippen molar-refractivity contribution in [2.75, 3.05) is 38.3 Å². The molecule has 0 spiro atoms. The summed E-state index contributed by atoms with van der Waals surface area (Å²) in [4.78, 5) is 5.46. The topological polar surface area (TPSA) is 51.4 Å². The molecule has 8 heteroatoms. The number of methoxy groups -OCH3 is 1. The lowest BCUT2D eigenvalue weighted by atomic mass is 10.2. The number of hydrogen-bond acceptors (Lipinski definition) is 4. The Kier molecular flexibility index (Phi) is 6.70. The molecule has 0 aliphatic rings. The summed E-state index contributed by atoms with van der Waals surface area (Å²) in [5.74, 6) is -0.0915. The van der Waals surface area contributed by atoms with Gasteiger partial charge < -0.3 is 15.4 Å². The molecule has 1 aromatic rings. The molecule has 0 saturated carbocycles. The van der Waals surface area contributed by atoms with E-state index in [2.05, 4.69) is 20.9 Å². The summed E-state index contributed by atoms with van der Waals surface area (Å²) >= 11 is 3.02. The molecule has 0 bridgehead atoms. The fraction of sp³-hybridized carbons (Fsp3) is 0.583. The molecule has 1 heterocycles. The number of aromatic nitrogens is 1. The van der Waals surface area contributed by atoms with Crippen LogP contribution in [0.2, 0.25) is 0 Å². The molecule has 1 rings (SSSR count). The van der Waals surface area contributed by atoms with Crippen molar-refractivity contribution in [3.05, 3.63) is 22.3 Å². The zero-order chi connectivity index (χ0) is 15.2. The number of hydrogen-bond donors (Lipinski definition) is 1. The normalized spacial score (nSPS) is 11.7. The molecule has 1 aromatic heterocycles. The molecule has 0 aliphatic heterocycles. The van der Waals surface area contributed by atoms with Gasteiger partial charge in [0.1, 0.15) is 5.82 Å². The van der Waals surface area contributed by atoms with E-state index in [9.17, 15) is 13.2 Å². The summed E-state index contributed by atoms with van der Waals surface area (Å²) in [6.07, 6.45) is -2.52. The molecule has 0 radical (unpaired) electrons. The lowest BCUT2D eigenvalue weighted by Gasteiger charge is -2.26. The van der Waals surface area contributed by atoms with E-state index < -0.39 is 11.7 Å². The molecule has 114 valence electrons. The zero-order valence-corrected chi connectivity index (χ0v) is 12.7.